The number of hydrogen-bond acceptors (Lipinski definition) is 3. The van der Waals surface area contributed by atoms with Crippen molar-refractivity contribution < 1.29 is 8.83 Å². The van der Waals surface area contributed by atoms with Crippen LogP contribution in [0, 0.1) is 0 Å². The van der Waals surface area contributed by atoms with Crippen LogP contribution in [-0.4, -0.2) is 9.38 Å². The van der Waals surface area contributed by atoms with E-state index in [0.29, 0.717) is 0 Å². The number of furan rings is 2. The molecule has 0 unspecified atom stereocenters. The van der Waals surface area contributed by atoms with Crippen LogP contribution in [0.3, 0.4) is 0 Å². The lowest BCUT2D eigenvalue weighted by Crippen LogP contribution is -1.93. The van der Waals surface area contributed by atoms with Crippen LogP contribution in [0.15, 0.2) is 142 Å². The number of hydrogen-bond donors (Lipinski definition) is 0. The van der Waals surface area contributed by atoms with Crippen LogP contribution < -0.4 is 0 Å². The summed E-state index contributed by atoms with van der Waals surface area (Å²) in [5.74, 6) is 0. The summed E-state index contributed by atoms with van der Waals surface area (Å²) in [6, 6.07) is 46.9. The van der Waals surface area contributed by atoms with Gasteiger partial charge in [-0.15, -0.1) is 0 Å². The summed E-state index contributed by atoms with van der Waals surface area (Å²) in [4.78, 5) is 5.22. The maximum atomic E-state index is 6.68. The molecule has 45 heavy (non-hydrogen) atoms. The van der Waals surface area contributed by atoms with E-state index in [0.717, 1.165) is 77.2 Å². The van der Waals surface area contributed by atoms with Gasteiger partial charge >= 0.3 is 0 Å². The van der Waals surface area contributed by atoms with Crippen molar-refractivity contribution in [1.82, 2.24) is 9.38 Å². The number of aromatic nitrogens is 2. The number of nitrogens with zero attached hydrogens (tertiary/aromatic N) is 2. The normalized spacial score (nSPS) is 12.4. The third-order valence-corrected chi connectivity index (χ3v) is 9.54. The molecule has 0 saturated carbocycles. The van der Waals surface area contributed by atoms with Gasteiger partial charge in [0.2, 0.25) is 0 Å². The number of pyridine rings is 1. The summed E-state index contributed by atoms with van der Waals surface area (Å²) in [6.07, 6.45) is 0. The molecule has 208 valence electrons. The standard InChI is InChI=1S/C41H22N2O2/c1-2-10-25-23(9-1)17-20-27-26-19-18-24(21-33(26)43-32-14-6-5-13-31(32)42-41(43)37(25)27)30-22-36-38(28-11-3-7-15-34(28)44-36)39-29-12-4-8-16-35(29)45-40(30)39/h1-22H. The third kappa shape index (κ3) is 2.98. The van der Waals surface area contributed by atoms with Crippen molar-refractivity contribution in [3.8, 4) is 11.1 Å². The van der Waals surface area contributed by atoms with Gasteiger partial charge in [0.15, 0.2) is 0 Å². The van der Waals surface area contributed by atoms with Crippen LogP contribution in [0.25, 0.3) is 104 Å². The second kappa shape index (κ2) is 8.28. The maximum Gasteiger partial charge on any atom is 0.147 e. The Morgan fingerprint density at radius 2 is 1.18 bits per heavy atom. The van der Waals surface area contributed by atoms with Gasteiger partial charge in [-0.1, -0.05) is 97.1 Å². The molecular weight excluding hydrogens is 552 g/mol. The number of benzene rings is 7. The molecule has 0 fully saturated rings. The molecule has 7 aromatic carbocycles. The van der Waals surface area contributed by atoms with E-state index >= 15 is 0 Å². The van der Waals surface area contributed by atoms with Crippen LogP contribution in [0.4, 0.5) is 0 Å². The van der Waals surface area contributed by atoms with Crippen molar-refractivity contribution >= 4 is 93.0 Å². The van der Waals surface area contributed by atoms with Crippen molar-refractivity contribution in [2.24, 2.45) is 0 Å². The van der Waals surface area contributed by atoms with Crippen molar-refractivity contribution in [3.05, 3.63) is 133 Å². The second-order valence-corrected chi connectivity index (χ2v) is 11.9. The molecule has 0 N–H and O–H groups in total. The Kier molecular flexibility index (Phi) is 4.29. The van der Waals surface area contributed by atoms with Gasteiger partial charge in [-0.2, -0.15) is 0 Å². The Bertz CT molecular complexity index is 3050. The molecule has 0 radical (unpaired) electrons. The zero-order valence-corrected chi connectivity index (χ0v) is 23.9. The van der Waals surface area contributed by atoms with Gasteiger partial charge in [0.05, 0.1) is 16.6 Å². The summed E-state index contributed by atoms with van der Waals surface area (Å²) >= 11 is 0. The molecule has 0 saturated heterocycles. The predicted molar refractivity (Wildman–Crippen MR) is 185 cm³/mol. The highest BCUT2D eigenvalue weighted by Gasteiger charge is 2.22. The lowest BCUT2D eigenvalue weighted by atomic mass is 9.95. The topological polar surface area (TPSA) is 43.6 Å². The fourth-order valence-corrected chi connectivity index (χ4v) is 7.60. The zero-order valence-electron chi connectivity index (χ0n) is 23.9. The summed E-state index contributed by atoms with van der Waals surface area (Å²) in [5.41, 5.74) is 9.68. The van der Waals surface area contributed by atoms with E-state index in [-0.39, 0.29) is 0 Å². The van der Waals surface area contributed by atoms with E-state index in [1.54, 1.807) is 0 Å². The van der Waals surface area contributed by atoms with E-state index in [9.17, 15) is 0 Å². The predicted octanol–water partition coefficient (Wildman–Crippen LogP) is 11.4. The van der Waals surface area contributed by atoms with E-state index in [1.165, 1.54) is 26.9 Å². The average Bonchev–Trinajstić information content (AvgIpc) is 3.78. The molecule has 4 heterocycles. The molecule has 0 spiro atoms. The largest absolute Gasteiger partial charge is 0.456 e. The van der Waals surface area contributed by atoms with Gasteiger partial charge in [-0.3, -0.25) is 4.40 Å². The first-order valence-electron chi connectivity index (χ1n) is 15.2. The van der Waals surface area contributed by atoms with E-state index in [4.69, 9.17) is 13.8 Å². The molecule has 4 nitrogen and oxygen atoms in total. The first kappa shape index (κ1) is 23.3. The third-order valence-electron chi connectivity index (χ3n) is 9.54. The minimum atomic E-state index is 0.855. The Hall–Kier alpha value is -6.13. The minimum Gasteiger partial charge on any atom is -0.456 e. The minimum absolute atomic E-state index is 0.855. The highest BCUT2D eigenvalue weighted by molar-refractivity contribution is 6.29. The molecule has 0 bridgehead atoms. The van der Waals surface area contributed by atoms with E-state index < -0.39 is 0 Å². The fourth-order valence-electron chi connectivity index (χ4n) is 7.60. The van der Waals surface area contributed by atoms with Crippen LogP contribution in [-0.2, 0) is 0 Å². The first-order chi connectivity index (χ1) is 22.3. The molecule has 11 rings (SSSR count). The van der Waals surface area contributed by atoms with Gasteiger partial charge in [-0.25, -0.2) is 4.98 Å². The molecule has 0 atom stereocenters. The van der Waals surface area contributed by atoms with Crippen LogP contribution >= 0.6 is 0 Å². The van der Waals surface area contributed by atoms with Crippen LogP contribution in [0.2, 0.25) is 0 Å². The van der Waals surface area contributed by atoms with Crippen LogP contribution in [0.1, 0.15) is 0 Å². The summed E-state index contributed by atoms with van der Waals surface area (Å²) in [7, 11) is 0. The number of fused-ring (bicyclic) bond motifs is 17. The number of para-hydroxylation sites is 4. The van der Waals surface area contributed by atoms with Gasteiger partial charge in [0.25, 0.3) is 0 Å². The van der Waals surface area contributed by atoms with Crippen molar-refractivity contribution in [3.63, 3.8) is 0 Å². The highest BCUT2D eigenvalue weighted by Crippen LogP contribution is 2.45. The molecule has 4 aromatic heterocycles. The lowest BCUT2D eigenvalue weighted by molar-refractivity contribution is 0.664. The lowest BCUT2D eigenvalue weighted by Gasteiger charge is -2.13. The Balaban J connectivity index is 1.32. The Labute approximate surface area is 255 Å². The van der Waals surface area contributed by atoms with Crippen LogP contribution in [0.5, 0.6) is 0 Å². The second-order valence-electron chi connectivity index (χ2n) is 11.9. The van der Waals surface area contributed by atoms with Gasteiger partial charge in [0, 0.05) is 37.9 Å². The van der Waals surface area contributed by atoms with E-state index in [2.05, 4.69) is 114 Å². The quantitative estimate of drug-likeness (QED) is 0.183. The highest BCUT2D eigenvalue weighted by atomic mass is 16.3. The molecule has 11 aromatic rings. The summed E-state index contributed by atoms with van der Waals surface area (Å²) in [5, 5.41) is 10.3. The van der Waals surface area contributed by atoms with E-state index in [1.807, 2.05) is 24.3 Å². The van der Waals surface area contributed by atoms with Gasteiger partial charge in [0.1, 0.15) is 28.0 Å². The number of imidazole rings is 1. The monoisotopic (exact) mass is 574 g/mol. The average molecular weight is 575 g/mol. The molecule has 0 aliphatic carbocycles. The summed E-state index contributed by atoms with van der Waals surface area (Å²) in [6.45, 7) is 0. The summed E-state index contributed by atoms with van der Waals surface area (Å²) < 4.78 is 15.5. The maximum absolute atomic E-state index is 6.68. The first-order valence-corrected chi connectivity index (χ1v) is 15.2. The van der Waals surface area contributed by atoms with Crippen molar-refractivity contribution in [2.45, 2.75) is 0 Å². The molecule has 0 amide bonds. The fraction of sp³-hybridized carbons (Fsp3) is 0. The van der Waals surface area contributed by atoms with Gasteiger partial charge in [-0.05, 0) is 58.1 Å². The van der Waals surface area contributed by atoms with Crippen molar-refractivity contribution in [1.29, 1.82) is 0 Å². The molecule has 0 aliphatic rings. The SMILES string of the molecule is c1ccc2c(c1)ccc1c3ccc(-c4cc5oc6ccccc6c5c5c4oc4ccccc45)cc3n3c4ccccc4nc3c21. The molecular formula is C41H22N2O2. The Morgan fingerprint density at radius 3 is 2.07 bits per heavy atom. The van der Waals surface area contributed by atoms with Gasteiger partial charge < -0.3 is 8.83 Å². The van der Waals surface area contributed by atoms with Crippen molar-refractivity contribution in [2.75, 3.05) is 0 Å². The number of rotatable bonds is 1. The Morgan fingerprint density at radius 1 is 0.467 bits per heavy atom. The smallest absolute Gasteiger partial charge is 0.147 e. The molecule has 0 aliphatic heterocycles. The molecule has 4 heteroatoms. The zero-order chi connectivity index (χ0) is 29.2.